The predicted molar refractivity (Wildman–Crippen MR) is 55.6 cm³/mol. The first kappa shape index (κ1) is 11.3. The van der Waals surface area contributed by atoms with Crippen molar-refractivity contribution in [3.8, 4) is 0 Å². The maximum absolute atomic E-state index is 10.5. The van der Waals surface area contributed by atoms with E-state index in [1.807, 2.05) is 11.8 Å². The third-order valence-electron chi connectivity index (χ3n) is 3.19. The molecule has 0 aromatic carbocycles. The maximum Gasteiger partial charge on any atom is 0.143 e. The Hall–Kier alpha value is -0.200. The SMILES string of the molecule is CC(O)(C1CNCCO1)N1CCOCC1. The summed E-state index contributed by atoms with van der Waals surface area (Å²) in [4.78, 5) is 2.04. The van der Waals surface area contributed by atoms with Crippen molar-refractivity contribution in [2.75, 3.05) is 46.0 Å². The summed E-state index contributed by atoms with van der Waals surface area (Å²) >= 11 is 0. The zero-order chi connectivity index (χ0) is 10.7. The van der Waals surface area contributed by atoms with Gasteiger partial charge >= 0.3 is 0 Å². The fourth-order valence-corrected chi connectivity index (χ4v) is 2.14. The van der Waals surface area contributed by atoms with E-state index < -0.39 is 5.72 Å². The lowest BCUT2D eigenvalue weighted by atomic mass is 10.1. The molecule has 0 spiro atoms. The van der Waals surface area contributed by atoms with Gasteiger partial charge in [0.05, 0.1) is 19.8 Å². The fraction of sp³-hybridized carbons (Fsp3) is 1.00. The van der Waals surface area contributed by atoms with Crippen molar-refractivity contribution >= 4 is 0 Å². The molecule has 15 heavy (non-hydrogen) atoms. The second-order valence-corrected chi connectivity index (χ2v) is 4.26. The van der Waals surface area contributed by atoms with E-state index in [9.17, 15) is 5.11 Å². The molecule has 0 amide bonds. The molecule has 2 unspecified atom stereocenters. The number of nitrogens with zero attached hydrogens (tertiary/aromatic N) is 1. The number of rotatable bonds is 2. The molecule has 2 aliphatic heterocycles. The van der Waals surface area contributed by atoms with Crippen molar-refractivity contribution in [1.29, 1.82) is 0 Å². The lowest BCUT2D eigenvalue weighted by Crippen LogP contribution is -2.62. The van der Waals surface area contributed by atoms with Gasteiger partial charge in [0.25, 0.3) is 0 Å². The highest BCUT2D eigenvalue weighted by Crippen LogP contribution is 2.21. The first-order chi connectivity index (χ1) is 7.21. The standard InChI is InChI=1S/C10H20N2O3/c1-10(13,9-8-11-2-5-15-9)12-3-6-14-7-4-12/h9,11,13H,2-8H2,1H3. The van der Waals surface area contributed by atoms with Gasteiger partial charge in [0.2, 0.25) is 0 Å². The van der Waals surface area contributed by atoms with Crippen LogP contribution in [0.15, 0.2) is 0 Å². The second kappa shape index (κ2) is 4.76. The topological polar surface area (TPSA) is 54.0 Å². The van der Waals surface area contributed by atoms with Crippen LogP contribution in [0.1, 0.15) is 6.92 Å². The van der Waals surface area contributed by atoms with Gasteiger partial charge in [0.1, 0.15) is 11.8 Å². The first-order valence-corrected chi connectivity index (χ1v) is 5.59. The van der Waals surface area contributed by atoms with Gasteiger partial charge in [-0.05, 0) is 6.92 Å². The summed E-state index contributed by atoms with van der Waals surface area (Å²) in [6.45, 7) is 7.01. The lowest BCUT2D eigenvalue weighted by Gasteiger charge is -2.44. The average Bonchev–Trinajstić information content (AvgIpc) is 2.31. The quantitative estimate of drug-likeness (QED) is 0.621. The zero-order valence-corrected chi connectivity index (χ0v) is 9.24. The molecule has 0 bridgehead atoms. The first-order valence-electron chi connectivity index (χ1n) is 5.59. The molecule has 2 atom stereocenters. The van der Waals surface area contributed by atoms with Crippen LogP contribution in [0, 0.1) is 0 Å². The van der Waals surface area contributed by atoms with Crippen molar-refractivity contribution in [1.82, 2.24) is 10.2 Å². The Labute approximate surface area is 90.3 Å². The molecule has 2 fully saturated rings. The van der Waals surface area contributed by atoms with Gasteiger partial charge in [-0.25, -0.2) is 0 Å². The molecule has 5 nitrogen and oxygen atoms in total. The van der Waals surface area contributed by atoms with Gasteiger partial charge in [0, 0.05) is 26.2 Å². The van der Waals surface area contributed by atoms with Crippen LogP contribution in [-0.4, -0.2) is 67.8 Å². The van der Waals surface area contributed by atoms with Crippen LogP contribution in [0.3, 0.4) is 0 Å². The van der Waals surface area contributed by atoms with Crippen LogP contribution in [-0.2, 0) is 9.47 Å². The van der Waals surface area contributed by atoms with E-state index in [0.717, 1.165) is 19.6 Å². The van der Waals surface area contributed by atoms with E-state index in [1.165, 1.54) is 0 Å². The molecule has 2 saturated heterocycles. The number of hydrogen-bond donors (Lipinski definition) is 2. The smallest absolute Gasteiger partial charge is 0.143 e. The lowest BCUT2D eigenvalue weighted by molar-refractivity contribution is -0.206. The molecule has 2 N–H and O–H groups in total. The Balaban J connectivity index is 1.96. The zero-order valence-electron chi connectivity index (χ0n) is 9.24. The van der Waals surface area contributed by atoms with E-state index in [4.69, 9.17) is 9.47 Å². The Morgan fingerprint density at radius 1 is 1.33 bits per heavy atom. The summed E-state index contributed by atoms with van der Waals surface area (Å²) in [6, 6.07) is 0. The van der Waals surface area contributed by atoms with E-state index >= 15 is 0 Å². The van der Waals surface area contributed by atoms with Gasteiger partial charge in [-0.15, -0.1) is 0 Å². The monoisotopic (exact) mass is 216 g/mol. The van der Waals surface area contributed by atoms with Gasteiger partial charge < -0.3 is 19.9 Å². The molecule has 0 saturated carbocycles. The Bertz CT molecular complexity index is 179. The molecule has 88 valence electrons. The van der Waals surface area contributed by atoms with Gasteiger partial charge in [-0.1, -0.05) is 0 Å². The number of hydrogen-bond acceptors (Lipinski definition) is 5. The molecular formula is C10H20N2O3. The second-order valence-electron chi connectivity index (χ2n) is 4.26. The third-order valence-corrected chi connectivity index (χ3v) is 3.19. The van der Waals surface area contributed by atoms with Crippen LogP contribution >= 0.6 is 0 Å². The summed E-state index contributed by atoms with van der Waals surface area (Å²) in [6.07, 6.45) is -0.149. The van der Waals surface area contributed by atoms with Gasteiger partial charge in [0.15, 0.2) is 0 Å². The van der Waals surface area contributed by atoms with Crippen LogP contribution in [0.2, 0.25) is 0 Å². The number of nitrogens with one attached hydrogen (secondary N) is 1. The van der Waals surface area contributed by atoms with Crippen LogP contribution < -0.4 is 5.32 Å². The van der Waals surface area contributed by atoms with E-state index in [0.29, 0.717) is 26.4 Å². The summed E-state index contributed by atoms with van der Waals surface area (Å²) < 4.78 is 10.9. The van der Waals surface area contributed by atoms with Gasteiger partial charge in [-0.3, -0.25) is 4.90 Å². The molecule has 0 radical (unpaired) electrons. The predicted octanol–water partition coefficient (Wildman–Crippen LogP) is -0.984. The summed E-state index contributed by atoms with van der Waals surface area (Å²) in [5, 5.41) is 13.7. The van der Waals surface area contributed by atoms with Crippen molar-refractivity contribution in [3.05, 3.63) is 0 Å². The van der Waals surface area contributed by atoms with Crippen LogP contribution in [0.5, 0.6) is 0 Å². The van der Waals surface area contributed by atoms with Crippen molar-refractivity contribution in [3.63, 3.8) is 0 Å². The number of aliphatic hydroxyl groups is 1. The Morgan fingerprint density at radius 3 is 2.67 bits per heavy atom. The molecule has 2 rings (SSSR count). The fourth-order valence-electron chi connectivity index (χ4n) is 2.14. The number of morpholine rings is 2. The van der Waals surface area contributed by atoms with Gasteiger partial charge in [-0.2, -0.15) is 0 Å². The Kier molecular flexibility index (Phi) is 3.58. The van der Waals surface area contributed by atoms with Crippen LogP contribution in [0.25, 0.3) is 0 Å². The maximum atomic E-state index is 10.5. The summed E-state index contributed by atoms with van der Waals surface area (Å²) in [7, 11) is 0. The molecular weight excluding hydrogens is 196 g/mol. The van der Waals surface area contributed by atoms with E-state index in [-0.39, 0.29) is 6.10 Å². The van der Waals surface area contributed by atoms with E-state index in [1.54, 1.807) is 0 Å². The molecule has 5 heteroatoms. The molecule has 2 heterocycles. The van der Waals surface area contributed by atoms with Crippen LogP contribution in [0.4, 0.5) is 0 Å². The summed E-state index contributed by atoms with van der Waals surface area (Å²) in [5.41, 5.74) is -0.892. The highest BCUT2D eigenvalue weighted by Gasteiger charge is 2.40. The third kappa shape index (κ3) is 2.49. The molecule has 0 aliphatic carbocycles. The van der Waals surface area contributed by atoms with Crippen molar-refractivity contribution in [2.24, 2.45) is 0 Å². The highest BCUT2D eigenvalue weighted by molar-refractivity contribution is 4.88. The largest absolute Gasteiger partial charge is 0.379 e. The average molecular weight is 216 g/mol. The minimum absolute atomic E-state index is 0.149. The Morgan fingerprint density at radius 2 is 2.07 bits per heavy atom. The van der Waals surface area contributed by atoms with E-state index in [2.05, 4.69) is 5.32 Å². The molecule has 2 aliphatic rings. The molecule has 0 aromatic rings. The molecule has 0 aromatic heterocycles. The minimum Gasteiger partial charge on any atom is -0.379 e. The van der Waals surface area contributed by atoms with Crippen molar-refractivity contribution in [2.45, 2.75) is 18.8 Å². The van der Waals surface area contributed by atoms with Crippen molar-refractivity contribution < 1.29 is 14.6 Å². The number of ether oxygens (including phenoxy) is 2. The summed E-state index contributed by atoms with van der Waals surface area (Å²) in [5.74, 6) is 0. The normalized spacial score (nSPS) is 33.6. The minimum atomic E-state index is -0.892. The highest BCUT2D eigenvalue weighted by atomic mass is 16.5.